The number of amides is 3. The van der Waals surface area contributed by atoms with E-state index in [1.165, 1.54) is 18.7 Å². The van der Waals surface area contributed by atoms with Crippen LogP contribution in [0.3, 0.4) is 0 Å². The van der Waals surface area contributed by atoms with E-state index < -0.39 is 35.9 Å². The third-order valence-electron chi connectivity index (χ3n) is 5.38. The quantitative estimate of drug-likeness (QED) is 0.440. The van der Waals surface area contributed by atoms with Gasteiger partial charge in [-0.25, -0.2) is 4.79 Å². The Bertz CT molecular complexity index is 793. The summed E-state index contributed by atoms with van der Waals surface area (Å²) in [6.07, 6.45) is 3.74. The maximum absolute atomic E-state index is 12.6. The smallest absolute Gasteiger partial charge is 0.329 e. The molecule has 0 unspecified atom stereocenters. The van der Waals surface area contributed by atoms with E-state index in [1.54, 1.807) is 31.3 Å². The van der Waals surface area contributed by atoms with E-state index in [2.05, 4.69) is 0 Å². The molecule has 28 heavy (non-hydrogen) atoms. The first-order valence-corrected chi connectivity index (χ1v) is 9.38. The summed E-state index contributed by atoms with van der Waals surface area (Å²) < 4.78 is 5.29. The Morgan fingerprint density at radius 2 is 1.57 bits per heavy atom. The number of fused-ring (bicyclic) bond motifs is 1. The van der Waals surface area contributed by atoms with Crippen LogP contribution in [0.5, 0.6) is 0 Å². The van der Waals surface area contributed by atoms with Crippen molar-refractivity contribution in [2.45, 2.75) is 38.8 Å². The normalized spacial score (nSPS) is 23.2. The molecule has 7 nitrogen and oxygen atoms in total. The van der Waals surface area contributed by atoms with E-state index in [0.29, 0.717) is 18.5 Å². The van der Waals surface area contributed by atoms with Gasteiger partial charge in [0.1, 0.15) is 6.04 Å². The summed E-state index contributed by atoms with van der Waals surface area (Å²) in [6, 6.07) is 7.92. The van der Waals surface area contributed by atoms with Crippen molar-refractivity contribution in [1.82, 2.24) is 4.90 Å². The lowest BCUT2D eigenvalue weighted by Gasteiger charge is -2.25. The molecule has 0 radical (unpaired) electrons. The zero-order chi connectivity index (χ0) is 20.4. The number of para-hydroxylation sites is 1. The predicted molar refractivity (Wildman–Crippen MR) is 102 cm³/mol. The van der Waals surface area contributed by atoms with E-state index >= 15 is 0 Å². The van der Waals surface area contributed by atoms with Crippen LogP contribution in [0, 0.1) is 11.8 Å². The van der Waals surface area contributed by atoms with Gasteiger partial charge in [0.15, 0.2) is 6.10 Å². The number of likely N-dealkylation sites (N-methyl/N-ethyl adjacent to an activating group) is 1. The minimum Gasteiger partial charge on any atom is -0.451 e. The lowest BCUT2D eigenvalue weighted by Crippen LogP contribution is -2.47. The summed E-state index contributed by atoms with van der Waals surface area (Å²) in [7, 11) is 1.59. The molecule has 7 heteroatoms. The summed E-state index contributed by atoms with van der Waals surface area (Å²) in [4.78, 5) is 52.7. The number of ether oxygens (including phenoxy) is 1. The predicted octanol–water partition coefficient (Wildman–Crippen LogP) is 1.92. The molecule has 1 aromatic carbocycles. The molecular formula is C21H24N2O5. The highest BCUT2D eigenvalue weighted by molar-refractivity contribution is 6.08. The van der Waals surface area contributed by atoms with Crippen molar-refractivity contribution in [2.75, 3.05) is 11.9 Å². The molecule has 3 rings (SSSR count). The number of likely N-dealkylation sites (tertiary alicyclic amines) is 1. The number of carbonyl (C=O) groups excluding carboxylic acids is 4. The molecule has 0 saturated carbocycles. The number of esters is 1. The van der Waals surface area contributed by atoms with Gasteiger partial charge in [0, 0.05) is 12.7 Å². The molecule has 3 amide bonds. The average molecular weight is 384 g/mol. The highest BCUT2D eigenvalue weighted by Gasteiger charge is 2.50. The molecule has 0 aromatic heterocycles. The molecular weight excluding hydrogens is 360 g/mol. The van der Waals surface area contributed by atoms with Crippen LogP contribution in [-0.2, 0) is 23.9 Å². The fraction of sp³-hybridized carbons (Fsp3) is 0.429. The van der Waals surface area contributed by atoms with Crippen molar-refractivity contribution in [3.8, 4) is 0 Å². The third-order valence-corrected chi connectivity index (χ3v) is 5.38. The summed E-state index contributed by atoms with van der Waals surface area (Å²) in [5.41, 5.74) is 0.671. The van der Waals surface area contributed by atoms with Gasteiger partial charge < -0.3 is 9.64 Å². The number of imide groups is 1. The molecule has 1 aliphatic carbocycles. The van der Waals surface area contributed by atoms with Crippen molar-refractivity contribution in [3.63, 3.8) is 0 Å². The Kier molecular flexibility index (Phi) is 5.63. The number of hydrogen-bond donors (Lipinski definition) is 0. The van der Waals surface area contributed by atoms with E-state index in [0.717, 1.165) is 4.90 Å². The van der Waals surface area contributed by atoms with Gasteiger partial charge >= 0.3 is 5.97 Å². The third kappa shape index (κ3) is 3.56. The molecule has 148 valence electrons. The zero-order valence-electron chi connectivity index (χ0n) is 16.2. The summed E-state index contributed by atoms with van der Waals surface area (Å²) >= 11 is 0. The molecule has 1 fully saturated rings. The number of rotatable bonds is 5. The number of benzene rings is 1. The van der Waals surface area contributed by atoms with Crippen LogP contribution in [-0.4, -0.2) is 47.8 Å². The van der Waals surface area contributed by atoms with Crippen LogP contribution in [0.2, 0.25) is 0 Å². The average Bonchev–Trinajstić information content (AvgIpc) is 2.97. The standard InChI is InChI=1S/C21H24N2O5/c1-13(23-19(25)16-11-7-8-12-17(16)20(23)26)21(27)28-14(2)18(24)22(3)15-9-5-4-6-10-15/h4-10,13-14,16-17H,11-12H2,1-3H3/t13-,14-,16-,17+/m0/s1. The Hall–Kier alpha value is -2.96. The number of allylic oxidation sites excluding steroid dienone is 2. The second-order valence-corrected chi connectivity index (χ2v) is 7.19. The second kappa shape index (κ2) is 7.96. The van der Waals surface area contributed by atoms with Gasteiger partial charge in [-0.1, -0.05) is 30.4 Å². The molecule has 2 aliphatic rings. The number of hydrogen-bond acceptors (Lipinski definition) is 5. The largest absolute Gasteiger partial charge is 0.451 e. The van der Waals surface area contributed by atoms with Crippen molar-refractivity contribution >= 4 is 29.4 Å². The van der Waals surface area contributed by atoms with Crippen LogP contribution in [0.15, 0.2) is 42.5 Å². The van der Waals surface area contributed by atoms with Gasteiger partial charge in [-0.2, -0.15) is 0 Å². The number of carbonyl (C=O) groups is 4. The maximum atomic E-state index is 12.6. The van der Waals surface area contributed by atoms with Gasteiger partial charge in [0.05, 0.1) is 11.8 Å². The van der Waals surface area contributed by atoms with Crippen LogP contribution in [0.1, 0.15) is 26.7 Å². The molecule has 1 aliphatic heterocycles. The minimum atomic E-state index is -1.07. The molecule has 4 atom stereocenters. The molecule has 1 heterocycles. The highest BCUT2D eigenvalue weighted by Crippen LogP contribution is 2.36. The summed E-state index contributed by atoms with van der Waals surface area (Å²) in [5, 5.41) is 0. The Morgan fingerprint density at radius 1 is 1.04 bits per heavy atom. The first-order valence-electron chi connectivity index (χ1n) is 9.38. The summed E-state index contributed by atoms with van der Waals surface area (Å²) in [6.45, 7) is 2.94. The monoisotopic (exact) mass is 384 g/mol. The van der Waals surface area contributed by atoms with Crippen LogP contribution in [0.25, 0.3) is 0 Å². The molecule has 0 spiro atoms. The highest BCUT2D eigenvalue weighted by atomic mass is 16.5. The lowest BCUT2D eigenvalue weighted by atomic mass is 9.85. The molecule has 1 saturated heterocycles. The van der Waals surface area contributed by atoms with E-state index in [1.807, 2.05) is 18.2 Å². The Balaban J connectivity index is 1.64. The molecule has 0 N–H and O–H groups in total. The van der Waals surface area contributed by atoms with Gasteiger partial charge in [-0.05, 0) is 38.8 Å². The summed E-state index contributed by atoms with van der Waals surface area (Å²) in [5.74, 6) is -2.67. The zero-order valence-corrected chi connectivity index (χ0v) is 16.2. The topological polar surface area (TPSA) is 84.0 Å². The second-order valence-electron chi connectivity index (χ2n) is 7.19. The fourth-order valence-electron chi connectivity index (χ4n) is 3.69. The van der Waals surface area contributed by atoms with Gasteiger partial charge in [0.25, 0.3) is 5.91 Å². The van der Waals surface area contributed by atoms with Crippen molar-refractivity contribution < 1.29 is 23.9 Å². The first kappa shape index (κ1) is 19.8. The number of anilines is 1. The number of nitrogens with zero attached hydrogens (tertiary/aromatic N) is 2. The first-order chi connectivity index (χ1) is 13.3. The SMILES string of the molecule is C[C@H](OC(=O)[C@H](C)N1C(=O)[C@H]2CC=CC[C@H]2C1=O)C(=O)N(C)c1ccccc1. The van der Waals surface area contributed by atoms with Gasteiger partial charge in [0.2, 0.25) is 11.8 Å². The van der Waals surface area contributed by atoms with Crippen molar-refractivity contribution in [3.05, 3.63) is 42.5 Å². The van der Waals surface area contributed by atoms with Gasteiger partial charge in [-0.3, -0.25) is 19.3 Å². The molecule has 0 bridgehead atoms. The van der Waals surface area contributed by atoms with E-state index in [9.17, 15) is 19.2 Å². The van der Waals surface area contributed by atoms with Gasteiger partial charge in [-0.15, -0.1) is 0 Å². The lowest BCUT2D eigenvalue weighted by molar-refractivity contribution is -0.163. The van der Waals surface area contributed by atoms with Crippen molar-refractivity contribution in [1.29, 1.82) is 0 Å². The Morgan fingerprint density at radius 3 is 2.11 bits per heavy atom. The fourth-order valence-corrected chi connectivity index (χ4v) is 3.69. The van der Waals surface area contributed by atoms with Crippen molar-refractivity contribution in [2.24, 2.45) is 11.8 Å². The van der Waals surface area contributed by atoms with Crippen LogP contribution >= 0.6 is 0 Å². The molecule has 1 aromatic rings. The van der Waals surface area contributed by atoms with Crippen LogP contribution in [0.4, 0.5) is 5.69 Å². The maximum Gasteiger partial charge on any atom is 0.329 e. The van der Waals surface area contributed by atoms with Crippen LogP contribution < -0.4 is 4.90 Å². The van der Waals surface area contributed by atoms with E-state index in [-0.39, 0.29) is 11.8 Å². The van der Waals surface area contributed by atoms with E-state index in [4.69, 9.17) is 4.74 Å². The minimum absolute atomic E-state index is 0.343. The Labute approximate surface area is 163 Å².